The van der Waals surface area contributed by atoms with E-state index in [1.165, 1.54) is 17.8 Å². The Labute approximate surface area is 169 Å². The Balaban J connectivity index is 1.68. The first-order valence-corrected chi connectivity index (χ1v) is 10.2. The van der Waals surface area contributed by atoms with Gasteiger partial charge in [0, 0.05) is 22.5 Å². The third-order valence-corrected chi connectivity index (χ3v) is 6.45. The Hall–Kier alpha value is -2.30. The summed E-state index contributed by atoms with van der Waals surface area (Å²) in [5.74, 6) is -0.377. The normalized spacial score (nSPS) is 19.7. The molecule has 2 heterocycles. The van der Waals surface area contributed by atoms with Crippen molar-refractivity contribution in [2.75, 3.05) is 17.4 Å². The van der Waals surface area contributed by atoms with Gasteiger partial charge in [0.2, 0.25) is 5.91 Å². The summed E-state index contributed by atoms with van der Waals surface area (Å²) in [6, 6.07) is 16.5. The number of nitriles is 1. The van der Waals surface area contributed by atoms with Crippen LogP contribution in [0.15, 0.2) is 63.6 Å². The van der Waals surface area contributed by atoms with Crippen molar-refractivity contribution in [3.63, 3.8) is 0 Å². The molecule has 136 valence electrons. The molecule has 0 N–H and O–H groups in total. The molecule has 1 amide bonds. The predicted octanol–water partition coefficient (Wildman–Crippen LogP) is 4.81. The molecule has 1 fully saturated rings. The van der Waals surface area contributed by atoms with Crippen LogP contribution in [0.3, 0.4) is 0 Å². The van der Waals surface area contributed by atoms with E-state index >= 15 is 0 Å². The maximum Gasteiger partial charge on any atom is 0.229 e. The third-order valence-electron chi connectivity index (χ3n) is 4.77. The molecule has 7 heteroatoms. The van der Waals surface area contributed by atoms with Crippen molar-refractivity contribution < 1.29 is 9.18 Å². The third kappa shape index (κ3) is 3.35. The smallest absolute Gasteiger partial charge is 0.229 e. The van der Waals surface area contributed by atoms with E-state index in [2.05, 4.69) is 26.9 Å². The Morgan fingerprint density at radius 1 is 1.19 bits per heavy atom. The summed E-state index contributed by atoms with van der Waals surface area (Å²) >= 11 is 4.87. The zero-order valence-corrected chi connectivity index (χ0v) is 16.6. The van der Waals surface area contributed by atoms with E-state index in [0.717, 1.165) is 10.2 Å². The number of allylic oxidation sites excluding steroid dienone is 1. The summed E-state index contributed by atoms with van der Waals surface area (Å²) in [4.78, 5) is 16.6. The minimum absolute atomic E-state index is 0.0911. The molecule has 2 aliphatic heterocycles. The largest absolute Gasteiger partial charge is 0.344 e. The van der Waals surface area contributed by atoms with Crippen LogP contribution in [-0.4, -0.2) is 23.4 Å². The lowest BCUT2D eigenvalue weighted by molar-refractivity contribution is -0.129. The quantitative estimate of drug-likeness (QED) is 0.667. The van der Waals surface area contributed by atoms with Gasteiger partial charge in [-0.2, -0.15) is 5.26 Å². The Morgan fingerprint density at radius 3 is 2.63 bits per heavy atom. The lowest BCUT2D eigenvalue weighted by atomic mass is 9.86. The highest BCUT2D eigenvalue weighted by atomic mass is 79.9. The zero-order valence-electron chi connectivity index (χ0n) is 14.2. The molecule has 27 heavy (non-hydrogen) atoms. The molecule has 1 atom stereocenters. The molecule has 0 aliphatic carbocycles. The maximum atomic E-state index is 14.3. The Morgan fingerprint density at radius 2 is 1.93 bits per heavy atom. The van der Waals surface area contributed by atoms with E-state index in [4.69, 9.17) is 0 Å². The van der Waals surface area contributed by atoms with Crippen LogP contribution in [0.25, 0.3) is 0 Å². The van der Waals surface area contributed by atoms with Crippen molar-refractivity contribution in [3.8, 4) is 6.07 Å². The summed E-state index contributed by atoms with van der Waals surface area (Å²) in [6.07, 6.45) is 0.0993. The highest BCUT2D eigenvalue weighted by Crippen LogP contribution is 2.43. The molecule has 0 saturated carbocycles. The van der Waals surface area contributed by atoms with E-state index in [9.17, 15) is 14.4 Å². The summed E-state index contributed by atoms with van der Waals surface area (Å²) in [7, 11) is 0. The molecule has 4 nitrogen and oxygen atoms in total. The molecule has 2 aromatic carbocycles. The monoisotopic (exact) mass is 443 g/mol. The molecule has 0 spiro atoms. The average molecular weight is 444 g/mol. The van der Waals surface area contributed by atoms with Crippen molar-refractivity contribution in [2.45, 2.75) is 12.3 Å². The van der Waals surface area contributed by atoms with E-state index in [0.29, 0.717) is 28.7 Å². The van der Waals surface area contributed by atoms with Gasteiger partial charge in [0.15, 0.2) is 0 Å². The first kappa shape index (κ1) is 18.1. The molecular formula is C20H15BrFN3OS. The van der Waals surface area contributed by atoms with Gasteiger partial charge in [0.1, 0.15) is 5.82 Å². The van der Waals surface area contributed by atoms with Crippen LogP contribution < -0.4 is 4.90 Å². The number of rotatable bonds is 2. The molecule has 0 unspecified atom stereocenters. The number of anilines is 1. The number of fused-ring (bicyclic) bond motifs is 1. The summed E-state index contributed by atoms with van der Waals surface area (Å²) in [6.45, 7) is 0.387. The summed E-state index contributed by atoms with van der Waals surface area (Å²) in [5.41, 5.74) is 1.89. The first-order valence-electron chi connectivity index (χ1n) is 8.41. The van der Waals surface area contributed by atoms with E-state index < -0.39 is 5.92 Å². The van der Waals surface area contributed by atoms with Gasteiger partial charge in [-0.15, -0.1) is 0 Å². The summed E-state index contributed by atoms with van der Waals surface area (Å²) in [5, 5.41) is 10.4. The molecule has 1 saturated heterocycles. The van der Waals surface area contributed by atoms with Gasteiger partial charge in [0.25, 0.3) is 0 Å². The Kier molecular flexibility index (Phi) is 4.94. The average Bonchev–Trinajstić information content (AvgIpc) is 2.69. The number of carbonyl (C=O) groups is 1. The molecule has 0 bridgehead atoms. The van der Waals surface area contributed by atoms with E-state index in [1.54, 1.807) is 23.1 Å². The van der Waals surface area contributed by atoms with Crippen LogP contribution in [0.5, 0.6) is 0 Å². The Bertz CT molecular complexity index is 970. The molecule has 4 rings (SSSR count). The minimum atomic E-state index is -0.526. The fourth-order valence-corrected chi connectivity index (χ4v) is 4.83. The number of hydrogen-bond acceptors (Lipinski definition) is 4. The van der Waals surface area contributed by atoms with E-state index in [-0.39, 0.29) is 18.1 Å². The highest BCUT2D eigenvalue weighted by Gasteiger charge is 2.39. The maximum absolute atomic E-state index is 14.3. The molecule has 2 aliphatic rings. The van der Waals surface area contributed by atoms with Gasteiger partial charge in [-0.3, -0.25) is 9.69 Å². The second-order valence-corrected chi connectivity index (χ2v) is 8.21. The molecule has 0 aromatic heterocycles. The van der Waals surface area contributed by atoms with Crippen LogP contribution in [0.4, 0.5) is 10.1 Å². The van der Waals surface area contributed by atoms with Crippen molar-refractivity contribution in [1.29, 1.82) is 5.26 Å². The van der Waals surface area contributed by atoms with Gasteiger partial charge in [-0.1, -0.05) is 45.9 Å². The lowest BCUT2D eigenvalue weighted by Gasteiger charge is -2.42. The molecular weight excluding hydrogens is 429 g/mol. The van der Waals surface area contributed by atoms with Crippen LogP contribution in [-0.2, 0) is 4.79 Å². The number of hydrogen-bond donors (Lipinski definition) is 0. The molecule has 0 radical (unpaired) electrons. The van der Waals surface area contributed by atoms with Crippen LogP contribution in [0.1, 0.15) is 17.9 Å². The number of halogens is 2. The minimum Gasteiger partial charge on any atom is -0.344 e. The second kappa shape index (κ2) is 7.37. The standard InChI is InChI=1S/C20H15BrFN3OS/c21-13-5-7-14(8-6-13)24-11-25-19(26)9-16(15-3-1-2-4-18(15)22)17(10-23)20(25)27-12-24/h1-8,16H,9,11-12H2/t16-/m1/s1. The number of benzene rings is 2. The topological polar surface area (TPSA) is 47.3 Å². The second-order valence-electron chi connectivity index (χ2n) is 6.36. The van der Waals surface area contributed by atoms with Gasteiger partial charge in [-0.25, -0.2) is 4.39 Å². The lowest BCUT2D eigenvalue weighted by Crippen LogP contribution is -2.47. The first-order chi connectivity index (χ1) is 13.1. The number of thioether (sulfide) groups is 1. The number of amides is 1. The van der Waals surface area contributed by atoms with Crippen LogP contribution in [0, 0.1) is 17.1 Å². The van der Waals surface area contributed by atoms with E-state index in [1.807, 2.05) is 24.3 Å². The SMILES string of the molecule is N#CC1=C2SCN(c3ccc(Br)cc3)CN2C(=O)C[C@@H]1c1ccccc1F. The van der Waals surface area contributed by atoms with Crippen molar-refractivity contribution in [3.05, 3.63) is 75.0 Å². The van der Waals surface area contributed by atoms with Gasteiger partial charge >= 0.3 is 0 Å². The number of nitrogens with zero attached hydrogens (tertiary/aromatic N) is 3. The zero-order chi connectivity index (χ0) is 19.0. The van der Waals surface area contributed by atoms with Crippen molar-refractivity contribution in [1.82, 2.24) is 4.90 Å². The van der Waals surface area contributed by atoms with Crippen LogP contribution in [0.2, 0.25) is 0 Å². The van der Waals surface area contributed by atoms with Gasteiger partial charge in [0.05, 0.1) is 29.2 Å². The highest BCUT2D eigenvalue weighted by molar-refractivity contribution is 9.10. The van der Waals surface area contributed by atoms with Gasteiger partial charge in [-0.05, 0) is 35.9 Å². The fourth-order valence-electron chi connectivity index (χ4n) is 3.40. The van der Waals surface area contributed by atoms with Crippen molar-refractivity contribution >= 4 is 39.3 Å². The van der Waals surface area contributed by atoms with Crippen LogP contribution >= 0.6 is 27.7 Å². The van der Waals surface area contributed by atoms with Crippen molar-refractivity contribution in [2.24, 2.45) is 0 Å². The fraction of sp³-hybridized carbons (Fsp3) is 0.200. The number of carbonyl (C=O) groups excluding carboxylic acids is 1. The molecule has 2 aromatic rings. The summed E-state index contributed by atoms with van der Waals surface area (Å²) < 4.78 is 15.3. The van der Waals surface area contributed by atoms with Gasteiger partial charge < -0.3 is 4.90 Å². The predicted molar refractivity (Wildman–Crippen MR) is 107 cm³/mol.